The summed E-state index contributed by atoms with van der Waals surface area (Å²) in [6, 6.07) is -1.21. The van der Waals surface area contributed by atoms with Gasteiger partial charge in [-0.05, 0) is 0 Å². The van der Waals surface area contributed by atoms with Crippen LogP contribution in [-0.4, -0.2) is 22.0 Å². The lowest BCUT2D eigenvalue weighted by molar-refractivity contribution is -0.156. The lowest BCUT2D eigenvalue weighted by atomic mass is 10.2. The standard InChI is InChI=1S/C7H9N3O4S/c1-3(11)14-10-5(6(12)13)4-2-15-7(8)9-4/h2,5,10H,1H3,(H2,8,9)(H,12,13). The average molecular weight is 231 g/mol. The average Bonchev–Trinajstić information content (AvgIpc) is 2.51. The Kier molecular flexibility index (Phi) is 3.58. The normalized spacial score (nSPS) is 12.1. The molecule has 1 aromatic rings. The van der Waals surface area contributed by atoms with Crippen molar-refractivity contribution >= 4 is 28.4 Å². The van der Waals surface area contributed by atoms with Crippen molar-refractivity contribution in [2.24, 2.45) is 0 Å². The second-order valence-electron chi connectivity index (χ2n) is 2.59. The van der Waals surface area contributed by atoms with E-state index in [0.29, 0.717) is 0 Å². The summed E-state index contributed by atoms with van der Waals surface area (Å²) in [4.78, 5) is 29.4. The van der Waals surface area contributed by atoms with E-state index in [9.17, 15) is 9.59 Å². The largest absolute Gasteiger partial charge is 0.480 e. The second kappa shape index (κ2) is 4.71. The zero-order valence-electron chi connectivity index (χ0n) is 7.76. The molecule has 1 rings (SSSR count). The molecule has 4 N–H and O–H groups in total. The highest BCUT2D eigenvalue weighted by Gasteiger charge is 2.23. The number of carbonyl (C=O) groups is 2. The van der Waals surface area contributed by atoms with Gasteiger partial charge >= 0.3 is 11.9 Å². The van der Waals surface area contributed by atoms with Crippen LogP contribution in [0, 0.1) is 0 Å². The van der Waals surface area contributed by atoms with Gasteiger partial charge in [0.2, 0.25) is 0 Å². The molecule has 1 unspecified atom stereocenters. The highest BCUT2D eigenvalue weighted by molar-refractivity contribution is 7.13. The quantitative estimate of drug-likeness (QED) is 0.621. The van der Waals surface area contributed by atoms with Gasteiger partial charge in [-0.3, -0.25) is 4.79 Å². The van der Waals surface area contributed by atoms with Crippen LogP contribution in [0.25, 0.3) is 0 Å². The van der Waals surface area contributed by atoms with E-state index in [0.717, 1.165) is 18.3 Å². The molecule has 0 fully saturated rings. The van der Waals surface area contributed by atoms with E-state index in [1.165, 1.54) is 5.38 Å². The molecule has 0 saturated heterocycles. The van der Waals surface area contributed by atoms with Crippen molar-refractivity contribution in [2.45, 2.75) is 13.0 Å². The molecule has 0 aliphatic rings. The molecule has 7 nitrogen and oxygen atoms in total. The van der Waals surface area contributed by atoms with Gasteiger partial charge in [0.1, 0.15) is 0 Å². The number of aromatic nitrogens is 1. The fraction of sp³-hybridized carbons (Fsp3) is 0.286. The Labute approximate surface area is 88.8 Å². The van der Waals surface area contributed by atoms with E-state index in [1.807, 2.05) is 0 Å². The molecule has 0 amide bonds. The van der Waals surface area contributed by atoms with Gasteiger partial charge in [0.05, 0.1) is 5.69 Å². The third-order valence-electron chi connectivity index (χ3n) is 1.40. The Morgan fingerprint density at radius 2 is 2.40 bits per heavy atom. The van der Waals surface area contributed by atoms with Gasteiger partial charge in [-0.2, -0.15) is 0 Å². The first-order valence-electron chi connectivity index (χ1n) is 3.87. The summed E-state index contributed by atoms with van der Waals surface area (Å²) in [6.07, 6.45) is 0. The number of rotatable bonds is 4. The van der Waals surface area contributed by atoms with Crippen LogP contribution in [-0.2, 0) is 14.4 Å². The Morgan fingerprint density at radius 1 is 1.73 bits per heavy atom. The molecule has 0 radical (unpaired) electrons. The van der Waals surface area contributed by atoms with Crippen molar-refractivity contribution in [1.29, 1.82) is 0 Å². The van der Waals surface area contributed by atoms with E-state index < -0.39 is 18.0 Å². The number of hydroxylamine groups is 1. The molecular formula is C7H9N3O4S. The molecule has 82 valence electrons. The number of nitrogen functional groups attached to an aromatic ring is 1. The van der Waals surface area contributed by atoms with Crippen LogP contribution in [0.2, 0.25) is 0 Å². The molecule has 0 spiro atoms. The minimum absolute atomic E-state index is 0.200. The third kappa shape index (κ3) is 3.18. The van der Waals surface area contributed by atoms with Crippen molar-refractivity contribution in [3.8, 4) is 0 Å². The number of carboxylic acid groups (broad SMARTS) is 1. The maximum atomic E-state index is 10.8. The molecule has 0 saturated carbocycles. The monoisotopic (exact) mass is 231 g/mol. The van der Waals surface area contributed by atoms with Gasteiger partial charge in [-0.1, -0.05) is 0 Å². The van der Waals surface area contributed by atoms with E-state index >= 15 is 0 Å². The molecule has 1 atom stereocenters. The molecule has 0 aliphatic heterocycles. The summed E-state index contributed by atoms with van der Waals surface area (Å²) in [5.74, 6) is -1.84. The zero-order chi connectivity index (χ0) is 11.4. The number of nitrogens with one attached hydrogen (secondary N) is 1. The summed E-state index contributed by atoms with van der Waals surface area (Å²) in [6.45, 7) is 1.15. The maximum absolute atomic E-state index is 10.8. The zero-order valence-corrected chi connectivity index (χ0v) is 8.58. The minimum atomic E-state index is -1.21. The van der Waals surface area contributed by atoms with Crippen LogP contribution in [0.5, 0.6) is 0 Å². The number of nitrogens with two attached hydrogens (primary N) is 1. The van der Waals surface area contributed by atoms with Crippen molar-refractivity contribution in [3.63, 3.8) is 0 Å². The fourth-order valence-corrected chi connectivity index (χ4v) is 1.40. The van der Waals surface area contributed by atoms with E-state index in [4.69, 9.17) is 10.8 Å². The molecule has 0 aromatic carbocycles. The number of anilines is 1. The second-order valence-corrected chi connectivity index (χ2v) is 3.48. The van der Waals surface area contributed by atoms with Crippen molar-refractivity contribution in [3.05, 3.63) is 11.1 Å². The van der Waals surface area contributed by atoms with Gasteiger partial charge in [0.15, 0.2) is 11.2 Å². The summed E-state index contributed by atoms with van der Waals surface area (Å²) < 4.78 is 0. The van der Waals surface area contributed by atoms with E-state index in [1.54, 1.807) is 0 Å². The lowest BCUT2D eigenvalue weighted by Gasteiger charge is -2.10. The van der Waals surface area contributed by atoms with E-state index in [2.05, 4.69) is 15.3 Å². The summed E-state index contributed by atoms with van der Waals surface area (Å²) in [5.41, 5.74) is 7.64. The molecule has 15 heavy (non-hydrogen) atoms. The van der Waals surface area contributed by atoms with Crippen LogP contribution in [0.4, 0.5) is 5.13 Å². The predicted octanol–water partition coefficient (Wildman–Crippen LogP) is -0.0813. The van der Waals surface area contributed by atoms with Gasteiger partial charge < -0.3 is 15.7 Å². The fourth-order valence-electron chi connectivity index (χ4n) is 0.812. The topological polar surface area (TPSA) is 115 Å². The number of carboxylic acids is 1. The van der Waals surface area contributed by atoms with Crippen LogP contribution in [0.1, 0.15) is 18.7 Å². The van der Waals surface area contributed by atoms with Gasteiger partial charge in [0, 0.05) is 12.3 Å². The number of hydrogen-bond donors (Lipinski definition) is 3. The van der Waals surface area contributed by atoms with Crippen molar-refractivity contribution < 1.29 is 19.5 Å². The predicted molar refractivity (Wildman–Crippen MR) is 51.8 cm³/mol. The van der Waals surface area contributed by atoms with Crippen molar-refractivity contribution in [2.75, 3.05) is 5.73 Å². The Balaban J connectivity index is 2.74. The molecular weight excluding hydrogens is 222 g/mol. The SMILES string of the molecule is CC(=O)ONC(C(=O)O)c1csc(N)n1. The first-order chi connectivity index (χ1) is 7.00. The Bertz CT molecular complexity index is 378. The Hall–Kier alpha value is -1.67. The molecule has 1 aromatic heterocycles. The van der Waals surface area contributed by atoms with Crippen LogP contribution >= 0.6 is 11.3 Å². The van der Waals surface area contributed by atoms with Crippen LogP contribution in [0.15, 0.2) is 5.38 Å². The van der Waals surface area contributed by atoms with Gasteiger partial charge in [0.25, 0.3) is 0 Å². The number of carbonyl (C=O) groups excluding carboxylic acids is 1. The molecule has 1 heterocycles. The minimum Gasteiger partial charge on any atom is -0.480 e. The lowest BCUT2D eigenvalue weighted by Crippen LogP contribution is -2.30. The van der Waals surface area contributed by atoms with Gasteiger partial charge in [-0.15, -0.1) is 16.8 Å². The van der Waals surface area contributed by atoms with Crippen LogP contribution in [0.3, 0.4) is 0 Å². The molecule has 0 bridgehead atoms. The number of nitrogens with zero attached hydrogens (tertiary/aromatic N) is 1. The number of hydrogen-bond acceptors (Lipinski definition) is 7. The van der Waals surface area contributed by atoms with Crippen molar-refractivity contribution in [1.82, 2.24) is 10.5 Å². The highest BCUT2D eigenvalue weighted by Crippen LogP contribution is 2.18. The highest BCUT2D eigenvalue weighted by atomic mass is 32.1. The van der Waals surface area contributed by atoms with Gasteiger partial charge in [-0.25, -0.2) is 9.78 Å². The molecule has 8 heteroatoms. The Morgan fingerprint density at radius 3 is 2.80 bits per heavy atom. The summed E-state index contributed by atoms with van der Waals surface area (Å²) in [7, 11) is 0. The first kappa shape index (κ1) is 11.4. The first-order valence-corrected chi connectivity index (χ1v) is 4.75. The third-order valence-corrected chi connectivity index (χ3v) is 2.10. The summed E-state index contributed by atoms with van der Waals surface area (Å²) >= 11 is 1.11. The molecule has 0 aliphatic carbocycles. The van der Waals surface area contributed by atoms with E-state index in [-0.39, 0.29) is 10.8 Å². The summed E-state index contributed by atoms with van der Waals surface area (Å²) in [5, 5.41) is 10.5. The smallest absolute Gasteiger partial charge is 0.330 e. The number of aliphatic carboxylic acids is 1. The maximum Gasteiger partial charge on any atom is 0.330 e. The van der Waals surface area contributed by atoms with Crippen LogP contribution < -0.4 is 11.2 Å². The number of thiazole rings is 1.